The maximum absolute atomic E-state index is 12.4. The summed E-state index contributed by atoms with van der Waals surface area (Å²) < 4.78 is 38.5. The van der Waals surface area contributed by atoms with E-state index < -0.39 is 17.8 Å². The number of aromatic nitrogens is 4. The van der Waals surface area contributed by atoms with E-state index >= 15 is 0 Å². The highest BCUT2D eigenvalue weighted by Crippen LogP contribution is 2.31. The number of primary amides is 1. The third kappa shape index (κ3) is 6.80. The van der Waals surface area contributed by atoms with Crippen LogP contribution < -0.4 is 11.5 Å². The predicted molar refractivity (Wildman–Crippen MR) is 125 cm³/mol. The number of hydrogen-bond donors (Lipinski definition) is 2. The monoisotopic (exact) mass is 492 g/mol. The lowest BCUT2D eigenvalue weighted by Gasteiger charge is -2.08. The van der Waals surface area contributed by atoms with E-state index in [4.69, 9.17) is 23.1 Å². The molecule has 5 rings (SSSR count). The van der Waals surface area contributed by atoms with E-state index in [0.717, 1.165) is 6.07 Å². The number of benzene rings is 1. The summed E-state index contributed by atoms with van der Waals surface area (Å²) >= 11 is 5.63. The van der Waals surface area contributed by atoms with Crippen LogP contribution in [0, 0.1) is 0 Å². The van der Waals surface area contributed by atoms with Gasteiger partial charge in [0.15, 0.2) is 5.65 Å². The molecule has 11 heteroatoms. The number of nitrogens with zero attached hydrogens (tertiary/aromatic N) is 4. The molecular formula is C23H24ClF3N6O. The van der Waals surface area contributed by atoms with Crippen molar-refractivity contribution >= 4 is 39.7 Å². The lowest BCUT2D eigenvalue weighted by Crippen LogP contribution is -2.10. The molecule has 0 unspecified atom stereocenters. The third-order valence-corrected chi connectivity index (χ3v) is 5.28. The molecule has 0 saturated heterocycles. The zero-order valence-electron chi connectivity index (χ0n) is 18.2. The number of fused-ring (bicyclic) bond motifs is 2. The minimum Gasteiger partial charge on any atom is -0.398 e. The molecule has 0 atom stereocenters. The van der Waals surface area contributed by atoms with Gasteiger partial charge in [0.25, 0.3) is 5.91 Å². The number of carbonyl (C=O) groups is 1. The fourth-order valence-electron chi connectivity index (χ4n) is 3.39. The van der Waals surface area contributed by atoms with Crippen molar-refractivity contribution in [1.29, 1.82) is 0 Å². The van der Waals surface area contributed by atoms with Crippen LogP contribution in [-0.2, 0) is 6.18 Å². The van der Waals surface area contributed by atoms with Crippen LogP contribution in [0.1, 0.15) is 54.7 Å². The summed E-state index contributed by atoms with van der Waals surface area (Å²) in [6, 6.07) is 10.6. The average molecular weight is 493 g/mol. The molecule has 1 aliphatic carbocycles. The Morgan fingerprint density at radius 2 is 1.59 bits per heavy atom. The van der Waals surface area contributed by atoms with Gasteiger partial charge in [-0.05, 0) is 24.3 Å². The van der Waals surface area contributed by atoms with Crippen LogP contribution >= 0.6 is 11.6 Å². The van der Waals surface area contributed by atoms with Gasteiger partial charge in [0.1, 0.15) is 16.5 Å². The van der Waals surface area contributed by atoms with E-state index in [-0.39, 0.29) is 16.9 Å². The van der Waals surface area contributed by atoms with Crippen molar-refractivity contribution in [3.63, 3.8) is 0 Å². The smallest absolute Gasteiger partial charge is 0.398 e. The van der Waals surface area contributed by atoms with Crippen LogP contribution in [0.3, 0.4) is 0 Å². The Bertz CT molecular complexity index is 1260. The molecule has 180 valence electrons. The topological polar surface area (TPSA) is 112 Å². The van der Waals surface area contributed by atoms with E-state index in [1.54, 1.807) is 30.3 Å². The first-order valence-corrected chi connectivity index (χ1v) is 11.1. The van der Waals surface area contributed by atoms with Crippen molar-refractivity contribution in [2.45, 2.75) is 44.7 Å². The van der Waals surface area contributed by atoms with Crippen molar-refractivity contribution in [1.82, 2.24) is 19.6 Å². The number of hydrogen-bond acceptors (Lipinski definition) is 5. The van der Waals surface area contributed by atoms with Gasteiger partial charge < -0.3 is 11.5 Å². The summed E-state index contributed by atoms with van der Waals surface area (Å²) in [6.07, 6.45) is 5.97. The Morgan fingerprint density at radius 1 is 0.971 bits per heavy atom. The number of carbonyl (C=O) groups excluding carboxylic acids is 1. The molecule has 3 aromatic heterocycles. The number of imidazole rings is 1. The molecule has 0 radical (unpaired) electrons. The largest absolute Gasteiger partial charge is 0.433 e. The molecule has 7 nitrogen and oxygen atoms in total. The quantitative estimate of drug-likeness (QED) is 0.356. The highest BCUT2D eigenvalue weighted by Gasteiger charge is 2.33. The molecule has 1 aromatic carbocycles. The van der Waals surface area contributed by atoms with E-state index in [1.807, 2.05) is 0 Å². The zero-order valence-corrected chi connectivity index (χ0v) is 19.0. The summed E-state index contributed by atoms with van der Waals surface area (Å²) in [6.45, 7) is 0. The molecule has 0 spiro atoms. The number of nitrogen functional groups attached to an aromatic ring is 1. The Morgan fingerprint density at radius 3 is 2.18 bits per heavy atom. The van der Waals surface area contributed by atoms with Crippen LogP contribution in [-0.4, -0.2) is 25.5 Å². The zero-order chi connectivity index (χ0) is 24.7. The van der Waals surface area contributed by atoms with Crippen molar-refractivity contribution in [3.8, 4) is 0 Å². The summed E-state index contributed by atoms with van der Waals surface area (Å²) in [7, 11) is 0. The van der Waals surface area contributed by atoms with Gasteiger partial charge in [-0.1, -0.05) is 68.3 Å². The van der Waals surface area contributed by atoms with Crippen molar-refractivity contribution in [2.24, 2.45) is 5.73 Å². The van der Waals surface area contributed by atoms with E-state index in [1.165, 1.54) is 55.3 Å². The van der Waals surface area contributed by atoms with Gasteiger partial charge in [0.2, 0.25) is 0 Å². The Labute approximate surface area is 198 Å². The number of para-hydroxylation sites is 1. The van der Waals surface area contributed by atoms with Crippen LogP contribution in [0.25, 0.3) is 16.6 Å². The van der Waals surface area contributed by atoms with Gasteiger partial charge in [-0.25, -0.2) is 14.5 Å². The van der Waals surface area contributed by atoms with E-state index in [0.29, 0.717) is 16.2 Å². The standard InChI is InChI=1S/C10H7F3N2.C7H5ClN4O.C6H12/c11-10(12,13)9-5-7(14)6-3-1-2-4-8(6)15-9;8-5-1-2-6-10-4(7(9)13)3-12(6)11-5;1-2-4-6-5-3-1/h1-5H,(H2,14,15);1-3H,(H2,9,13);1-6H2. The second-order valence-corrected chi connectivity index (χ2v) is 8.07. The summed E-state index contributed by atoms with van der Waals surface area (Å²) in [5, 5.41) is 4.76. The predicted octanol–water partition coefficient (Wildman–Crippen LogP) is 5.66. The maximum atomic E-state index is 12.4. The normalized spacial score (nSPS) is 13.5. The molecule has 1 saturated carbocycles. The average Bonchev–Trinajstić information content (AvgIpc) is 3.24. The second kappa shape index (κ2) is 11.1. The Hall–Kier alpha value is -3.40. The highest BCUT2D eigenvalue weighted by atomic mass is 35.5. The lowest BCUT2D eigenvalue weighted by molar-refractivity contribution is -0.140. The minimum absolute atomic E-state index is 0.0907. The van der Waals surface area contributed by atoms with Gasteiger partial charge in [0.05, 0.1) is 11.7 Å². The minimum atomic E-state index is -4.46. The lowest BCUT2D eigenvalue weighted by atomic mass is 10.0. The van der Waals surface area contributed by atoms with Crippen LogP contribution in [0.4, 0.5) is 18.9 Å². The fraction of sp³-hybridized carbons (Fsp3) is 0.304. The van der Waals surface area contributed by atoms with Gasteiger partial charge in [-0.15, -0.1) is 0 Å². The molecule has 3 heterocycles. The fourth-order valence-corrected chi connectivity index (χ4v) is 3.53. The Kier molecular flexibility index (Phi) is 8.27. The second-order valence-electron chi connectivity index (χ2n) is 7.68. The molecular weight excluding hydrogens is 469 g/mol. The van der Waals surface area contributed by atoms with E-state index in [2.05, 4.69) is 15.1 Å². The SMILES string of the molecule is C1CCCCC1.NC(=O)c1cn2nc(Cl)ccc2n1.Nc1cc(C(F)(F)F)nc2ccccc12. The number of alkyl halides is 3. The summed E-state index contributed by atoms with van der Waals surface area (Å²) in [5.74, 6) is -0.582. The molecule has 1 amide bonds. The molecule has 1 aliphatic rings. The van der Waals surface area contributed by atoms with Crippen LogP contribution in [0.15, 0.2) is 48.7 Å². The van der Waals surface area contributed by atoms with E-state index in [9.17, 15) is 18.0 Å². The summed E-state index contributed by atoms with van der Waals surface area (Å²) in [4.78, 5) is 18.2. The first-order valence-electron chi connectivity index (χ1n) is 10.7. The number of rotatable bonds is 1. The summed E-state index contributed by atoms with van der Waals surface area (Å²) in [5.41, 5.74) is 10.7. The van der Waals surface area contributed by atoms with Gasteiger partial charge in [-0.2, -0.15) is 18.3 Å². The Balaban J connectivity index is 0.000000155. The number of halogens is 4. The van der Waals surface area contributed by atoms with Gasteiger partial charge >= 0.3 is 6.18 Å². The van der Waals surface area contributed by atoms with Gasteiger partial charge in [0, 0.05) is 11.1 Å². The number of anilines is 1. The molecule has 34 heavy (non-hydrogen) atoms. The number of nitrogens with two attached hydrogens (primary N) is 2. The first-order chi connectivity index (χ1) is 16.1. The number of pyridine rings is 1. The molecule has 4 aromatic rings. The van der Waals surface area contributed by atoms with Crippen LogP contribution in [0.5, 0.6) is 0 Å². The first kappa shape index (κ1) is 25.2. The molecule has 4 N–H and O–H groups in total. The van der Waals surface area contributed by atoms with Crippen molar-refractivity contribution in [3.05, 3.63) is 65.2 Å². The van der Waals surface area contributed by atoms with Crippen LogP contribution in [0.2, 0.25) is 5.15 Å². The highest BCUT2D eigenvalue weighted by molar-refractivity contribution is 6.29. The molecule has 0 bridgehead atoms. The van der Waals surface area contributed by atoms with Crippen molar-refractivity contribution < 1.29 is 18.0 Å². The van der Waals surface area contributed by atoms with Gasteiger partial charge in [-0.3, -0.25) is 4.79 Å². The third-order valence-electron chi connectivity index (χ3n) is 5.08. The molecule has 0 aliphatic heterocycles. The number of amides is 1. The molecule has 1 fully saturated rings. The maximum Gasteiger partial charge on any atom is 0.433 e. The van der Waals surface area contributed by atoms with Crippen molar-refractivity contribution in [2.75, 3.05) is 5.73 Å².